The van der Waals surface area contributed by atoms with E-state index in [1.807, 2.05) is 0 Å². The van der Waals surface area contributed by atoms with E-state index in [9.17, 15) is 9.59 Å². The van der Waals surface area contributed by atoms with Crippen LogP contribution in [0.4, 0.5) is 0 Å². The molecule has 1 aromatic rings. The van der Waals surface area contributed by atoms with Gasteiger partial charge in [-0.3, -0.25) is 9.59 Å². The first-order chi connectivity index (χ1) is 10.7. The van der Waals surface area contributed by atoms with E-state index in [-0.39, 0.29) is 11.6 Å². The molecule has 0 aromatic heterocycles. The van der Waals surface area contributed by atoms with Crippen molar-refractivity contribution in [2.24, 2.45) is 0 Å². The molecule has 4 nitrogen and oxygen atoms in total. The van der Waals surface area contributed by atoms with Crippen molar-refractivity contribution in [2.75, 3.05) is 6.61 Å². The Morgan fingerprint density at radius 2 is 1.86 bits per heavy atom. The van der Waals surface area contributed by atoms with Crippen LogP contribution in [-0.4, -0.2) is 24.3 Å². The van der Waals surface area contributed by atoms with Crippen LogP contribution < -0.4 is 4.74 Å². The van der Waals surface area contributed by atoms with E-state index in [1.165, 1.54) is 12.8 Å². The molecule has 0 bridgehead atoms. The van der Waals surface area contributed by atoms with Crippen LogP contribution in [0.5, 0.6) is 5.75 Å². The molecule has 1 aliphatic rings. The summed E-state index contributed by atoms with van der Waals surface area (Å²) in [6, 6.07) is 4.97. The van der Waals surface area contributed by atoms with E-state index in [4.69, 9.17) is 9.47 Å². The molecular formula is C18H20O4. The second kappa shape index (κ2) is 7.65. The first-order valence-corrected chi connectivity index (χ1v) is 7.61. The molecule has 116 valence electrons. The number of hydrogen-bond acceptors (Lipinski definition) is 4. The summed E-state index contributed by atoms with van der Waals surface area (Å²) < 4.78 is 10.7. The predicted molar refractivity (Wildman–Crippen MR) is 83.1 cm³/mol. The molecule has 0 saturated heterocycles. The lowest BCUT2D eigenvalue weighted by Crippen LogP contribution is -2.23. The average molecular weight is 300 g/mol. The number of rotatable bonds is 7. The highest BCUT2D eigenvalue weighted by molar-refractivity contribution is 6.28. The minimum atomic E-state index is -1.14. The summed E-state index contributed by atoms with van der Waals surface area (Å²) >= 11 is 0. The molecule has 4 heteroatoms. The van der Waals surface area contributed by atoms with Crippen molar-refractivity contribution >= 4 is 11.6 Å². The number of fused-ring (bicyclic) bond motifs is 1. The van der Waals surface area contributed by atoms with Gasteiger partial charge < -0.3 is 9.47 Å². The quantitative estimate of drug-likeness (QED) is 0.440. The van der Waals surface area contributed by atoms with E-state index >= 15 is 0 Å². The number of benzene rings is 1. The monoisotopic (exact) mass is 300 g/mol. The van der Waals surface area contributed by atoms with Gasteiger partial charge in [-0.15, -0.1) is 0 Å². The molecule has 0 N–H and O–H groups in total. The number of ether oxygens (including phenoxy) is 2. The molecule has 0 radical (unpaired) electrons. The van der Waals surface area contributed by atoms with E-state index in [0.29, 0.717) is 23.5 Å². The highest BCUT2D eigenvalue weighted by Gasteiger charge is 2.40. The normalized spacial score (nSPS) is 16.0. The molecule has 0 saturated carbocycles. The zero-order chi connectivity index (χ0) is 15.9. The van der Waals surface area contributed by atoms with E-state index in [1.54, 1.807) is 25.1 Å². The molecule has 0 spiro atoms. The standard InChI is InChI=1S/C18H20O4/c1-3-5-6-7-11-21-13-8-9-14-15(12-13)17(20)18(16(14)19)22-10-4-2/h8-9,12,18H,3,5-7,11H2,1-2H3. The van der Waals surface area contributed by atoms with Gasteiger partial charge in [-0.25, -0.2) is 0 Å². The molecule has 1 aliphatic carbocycles. The number of carbonyl (C=O) groups excluding carboxylic acids is 2. The molecule has 0 fully saturated rings. The van der Waals surface area contributed by atoms with E-state index in [0.717, 1.165) is 12.8 Å². The number of Topliss-reactive ketones (excluding diaryl/α,β-unsaturated/α-hetero) is 2. The third kappa shape index (κ3) is 3.48. The summed E-state index contributed by atoms with van der Waals surface area (Å²) in [6.07, 6.45) is 5.68. The van der Waals surface area contributed by atoms with Gasteiger partial charge in [0.25, 0.3) is 0 Å². The molecule has 0 heterocycles. The maximum Gasteiger partial charge on any atom is 0.235 e. The maximum absolute atomic E-state index is 12.2. The Balaban J connectivity index is 2.03. The Kier molecular flexibility index (Phi) is 5.60. The summed E-state index contributed by atoms with van der Waals surface area (Å²) in [5, 5.41) is 0. The highest BCUT2D eigenvalue weighted by atomic mass is 16.5. The first-order valence-electron chi connectivity index (χ1n) is 7.61. The smallest absolute Gasteiger partial charge is 0.235 e. The summed E-state index contributed by atoms with van der Waals surface area (Å²) in [5.41, 5.74) is 0.741. The lowest BCUT2D eigenvalue weighted by atomic mass is 10.1. The van der Waals surface area contributed by atoms with Crippen molar-refractivity contribution in [3.8, 4) is 17.8 Å². The lowest BCUT2D eigenvalue weighted by Gasteiger charge is -2.06. The third-order valence-electron chi connectivity index (χ3n) is 3.54. The average Bonchev–Trinajstić information content (AvgIpc) is 2.76. The van der Waals surface area contributed by atoms with Crippen LogP contribution in [0.3, 0.4) is 0 Å². The third-order valence-corrected chi connectivity index (χ3v) is 3.54. The SMILES string of the molecule is CC#COC1C(=O)c2ccc(OCCCCCC)cc2C1=O. The minimum absolute atomic E-state index is 0.336. The van der Waals surface area contributed by atoms with Gasteiger partial charge in [-0.1, -0.05) is 32.1 Å². The summed E-state index contributed by atoms with van der Waals surface area (Å²) in [7, 11) is 0. The Labute approximate surface area is 130 Å². The minimum Gasteiger partial charge on any atom is -0.494 e. The van der Waals surface area contributed by atoms with Gasteiger partial charge >= 0.3 is 0 Å². The molecule has 0 aliphatic heterocycles. The summed E-state index contributed by atoms with van der Waals surface area (Å²) in [5.74, 6) is 2.44. The fraction of sp³-hybridized carbons (Fsp3) is 0.444. The van der Waals surface area contributed by atoms with Crippen molar-refractivity contribution < 1.29 is 19.1 Å². The van der Waals surface area contributed by atoms with Gasteiger partial charge in [0.05, 0.1) is 6.61 Å². The van der Waals surface area contributed by atoms with Gasteiger partial charge in [0.2, 0.25) is 17.7 Å². The summed E-state index contributed by atoms with van der Waals surface area (Å²) in [4.78, 5) is 24.3. The van der Waals surface area contributed by atoms with Crippen molar-refractivity contribution in [3.63, 3.8) is 0 Å². The Hall–Kier alpha value is -2.28. The van der Waals surface area contributed by atoms with Crippen LogP contribution in [0, 0.1) is 12.0 Å². The van der Waals surface area contributed by atoms with E-state index < -0.39 is 6.10 Å². The van der Waals surface area contributed by atoms with Gasteiger partial charge in [-0.2, -0.15) is 0 Å². The van der Waals surface area contributed by atoms with Crippen LogP contribution in [0.25, 0.3) is 0 Å². The number of unbranched alkanes of at least 4 members (excludes halogenated alkanes) is 3. The predicted octanol–water partition coefficient (Wildman–Crippen LogP) is 3.39. The summed E-state index contributed by atoms with van der Waals surface area (Å²) in [6.45, 7) is 4.36. The molecule has 0 amide bonds. The van der Waals surface area contributed by atoms with Crippen molar-refractivity contribution in [1.82, 2.24) is 0 Å². The Morgan fingerprint density at radius 3 is 2.59 bits per heavy atom. The topological polar surface area (TPSA) is 52.6 Å². The fourth-order valence-corrected chi connectivity index (χ4v) is 2.38. The zero-order valence-corrected chi connectivity index (χ0v) is 13.0. The molecule has 1 aromatic carbocycles. The number of ketones is 2. The van der Waals surface area contributed by atoms with Crippen LogP contribution in [-0.2, 0) is 4.74 Å². The first kappa shape index (κ1) is 16.1. The number of carbonyl (C=O) groups is 2. The Morgan fingerprint density at radius 1 is 1.09 bits per heavy atom. The molecule has 2 rings (SSSR count). The molecule has 1 unspecified atom stereocenters. The van der Waals surface area contributed by atoms with Crippen LogP contribution in [0.1, 0.15) is 60.2 Å². The van der Waals surface area contributed by atoms with Crippen molar-refractivity contribution in [2.45, 2.75) is 45.6 Å². The van der Waals surface area contributed by atoms with Gasteiger partial charge in [0.1, 0.15) is 11.9 Å². The molecule has 22 heavy (non-hydrogen) atoms. The van der Waals surface area contributed by atoms with Crippen LogP contribution in [0.15, 0.2) is 18.2 Å². The largest absolute Gasteiger partial charge is 0.494 e. The van der Waals surface area contributed by atoms with Crippen LogP contribution in [0.2, 0.25) is 0 Å². The maximum atomic E-state index is 12.2. The van der Waals surface area contributed by atoms with Gasteiger partial charge in [0.15, 0.2) is 0 Å². The number of hydrogen-bond donors (Lipinski definition) is 0. The molecule has 1 atom stereocenters. The zero-order valence-electron chi connectivity index (χ0n) is 13.0. The van der Waals surface area contributed by atoms with Gasteiger partial charge in [0, 0.05) is 18.1 Å². The van der Waals surface area contributed by atoms with E-state index in [2.05, 4.69) is 19.0 Å². The fourth-order valence-electron chi connectivity index (χ4n) is 2.38. The van der Waals surface area contributed by atoms with Crippen molar-refractivity contribution in [3.05, 3.63) is 29.3 Å². The second-order valence-electron chi connectivity index (χ2n) is 5.19. The Bertz CT molecular complexity index is 622. The van der Waals surface area contributed by atoms with Crippen molar-refractivity contribution in [1.29, 1.82) is 0 Å². The molecular weight excluding hydrogens is 280 g/mol. The lowest BCUT2D eigenvalue weighted by molar-refractivity contribution is 0.0659. The highest BCUT2D eigenvalue weighted by Crippen LogP contribution is 2.28. The second-order valence-corrected chi connectivity index (χ2v) is 5.19. The van der Waals surface area contributed by atoms with Gasteiger partial charge in [-0.05, 0) is 24.6 Å². The van der Waals surface area contributed by atoms with Crippen LogP contribution >= 0.6 is 0 Å².